The summed E-state index contributed by atoms with van der Waals surface area (Å²) in [7, 11) is 0. The van der Waals surface area contributed by atoms with Crippen LogP contribution in [0.3, 0.4) is 0 Å². The minimum Gasteiger partial charge on any atom is -1.00 e. The lowest BCUT2D eigenvalue weighted by Gasteiger charge is -2.37. The second kappa shape index (κ2) is 8.42. The van der Waals surface area contributed by atoms with Crippen molar-refractivity contribution in [3.8, 4) is 0 Å². The van der Waals surface area contributed by atoms with Crippen LogP contribution in [0, 0.1) is 0 Å². The summed E-state index contributed by atoms with van der Waals surface area (Å²) in [5.74, 6) is 0. The van der Waals surface area contributed by atoms with E-state index in [9.17, 15) is 0 Å². The molecule has 2 heteroatoms. The van der Waals surface area contributed by atoms with Gasteiger partial charge >= 0.3 is 0 Å². The third kappa shape index (κ3) is 3.61. The summed E-state index contributed by atoms with van der Waals surface area (Å²) in [6.45, 7) is 6.85. The molecule has 0 saturated carbocycles. The van der Waals surface area contributed by atoms with Gasteiger partial charge in [-0.1, -0.05) is 50.2 Å². The molecule has 0 spiro atoms. The van der Waals surface area contributed by atoms with Crippen molar-refractivity contribution in [2.45, 2.75) is 26.7 Å². The van der Waals surface area contributed by atoms with Gasteiger partial charge in [0, 0.05) is 0 Å². The number of halogens is 1. The van der Waals surface area contributed by atoms with Crippen molar-refractivity contribution in [3.05, 3.63) is 60.7 Å². The van der Waals surface area contributed by atoms with Gasteiger partial charge in [0.25, 0.3) is 0 Å². The third-order valence-electron chi connectivity index (χ3n) is 3.71. The van der Waals surface area contributed by atoms with Crippen LogP contribution in [0.4, 0.5) is 11.4 Å². The van der Waals surface area contributed by atoms with Crippen molar-refractivity contribution >= 4 is 11.4 Å². The van der Waals surface area contributed by atoms with Crippen molar-refractivity contribution in [1.82, 2.24) is 4.48 Å². The van der Waals surface area contributed by atoms with Crippen LogP contribution >= 0.6 is 0 Å². The lowest BCUT2D eigenvalue weighted by Crippen LogP contribution is -3.00. The van der Waals surface area contributed by atoms with E-state index in [2.05, 4.69) is 74.5 Å². The van der Waals surface area contributed by atoms with Crippen LogP contribution in [0.2, 0.25) is 0 Å². The largest absolute Gasteiger partial charge is 1.00 e. The molecule has 2 aromatic rings. The molecule has 0 aromatic heterocycles. The fourth-order valence-corrected chi connectivity index (χ4v) is 2.97. The first-order chi connectivity index (χ1) is 9.33. The smallest absolute Gasteiger partial charge is 0.137 e. The Balaban J connectivity index is 0.00000200. The molecule has 1 nitrogen and oxygen atoms in total. The highest BCUT2D eigenvalue weighted by Gasteiger charge is 2.31. The van der Waals surface area contributed by atoms with E-state index < -0.39 is 0 Å². The van der Waals surface area contributed by atoms with Gasteiger partial charge in [0.05, 0.1) is 13.1 Å². The topological polar surface area (TPSA) is 0 Å². The molecule has 0 aliphatic heterocycles. The molecule has 2 aromatic carbocycles. The zero-order valence-corrected chi connectivity index (χ0v) is 14.6. The second-order valence-corrected chi connectivity index (χ2v) is 5.09. The Hall–Kier alpha value is -0.870. The van der Waals surface area contributed by atoms with Gasteiger partial charge < -0.3 is 24.0 Å². The molecular weight excluding hydrogens is 357 g/mol. The molecule has 0 heterocycles. The SMILES string of the molecule is CCC[N+](CCC)(c1ccccc1)c1ccccc1.[I-]. The molecule has 0 saturated heterocycles. The molecule has 0 aliphatic rings. The fraction of sp³-hybridized carbons (Fsp3) is 0.333. The Morgan fingerprint density at radius 2 is 1.00 bits per heavy atom. The van der Waals surface area contributed by atoms with Crippen LogP contribution in [0.25, 0.3) is 0 Å². The Morgan fingerprint density at radius 1 is 0.650 bits per heavy atom. The quantitative estimate of drug-likeness (QED) is 0.532. The number of para-hydroxylation sites is 2. The maximum Gasteiger partial charge on any atom is 0.137 e. The Labute approximate surface area is 140 Å². The molecule has 0 radical (unpaired) electrons. The van der Waals surface area contributed by atoms with Crippen LogP contribution in [0.1, 0.15) is 26.7 Å². The van der Waals surface area contributed by atoms with E-state index in [1.54, 1.807) is 0 Å². The van der Waals surface area contributed by atoms with E-state index in [4.69, 9.17) is 0 Å². The van der Waals surface area contributed by atoms with E-state index in [0.29, 0.717) is 0 Å². The van der Waals surface area contributed by atoms with Crippen LogP contribution in [-0.4, -0.2) is 13.1 Å². The average molecular weight is 381 g/mol. The molecule has 0 amide bonds. The summed E-state index contributed by atoms with van der Waals surface area (Å²) in [6.07, 6.45) is 2.37. The minimum atomic E-state index is 0. The van der Waals surface area contributed by atoms with Crippen molar-refractivity contribution < 1.29 is 24.0 Å². The first kappa shape index (κ1) is 17.2. The van der Waals surface area contributed by atoms with E-state index in [1.807, 2.05) is 0 Å². The van der Waals surface area contributed by atoms with E-state index >= 15 is 0 Å². The van der Waals surface area contributed by atoms with Crippen molar-refractivity contribution in [2.24, 2.45) is 0 Å². The summed E-state index contributed by atoms with van der Waals surface area (Å²) >= 11 is 0. The van der Waals surface area contributed by atoms with Crippen molar-refractivity contribution in [3.63, 3.8) is 0 Å². The van der Waals surface area contributed by atoms with Crippen molar-refractivity contribution in [2.75, 3.05) is 13.1 Å². The average Bonchev–Trinajstić information content (AvgIpc) is 2.49. The maximum absolute atomic E-state index is 2.27. The normalized spacial score (nSPS) is 10.9. The Kier molecular flexibility index (Phi) is 7.24. The first-order valence-corrected chi connectivity index (χ1v) is 7.32. The zero-order chi connectivity index (χ0) is 13.6. The lowest BCUT2D eigenvalue weighted by molar-refractivity contribution is -0.00000394. The van der Waals surface area contributed by atoms with Gasteiger partial charge in [-0.25, -0.2) is 0 Å². The van der Waals surface area contributed by atoms with Gasteiger partial charge in [-0.15, -0.1) is 0 Å². The molecule has 0 N–H and O–H groups in total. The van der Waals surface area contributed by atoms with Crippen LogP contribution in [0.15, 0.2) is 60.7 Å². The van der Waals surface area contributed by atoms with Gasteiger partial charge in [-0.05, 0) is 37.1 Å². The fourth-order valence-electron chi connectivity index (χ4n) is 2.97. The van der Waals surface area contributed by atoms with Crippen LogP contribution in [-0.2, 0) is 0 Å². The molecule has 0 unspecified atom stereocenters. The van der Waals surface area contributed by atoms with Crippen molar-refractivity contribution in [1.29, 1.82) is 0 Å². The molecular formula is C18H24IN. The molecule has 20 heavy (non-hydrogen) atoms. The minimum absolute atomic E-state index is 0. The van der Waals surface area contributed by atoms with E-state index in [-0.39, 0.29) is 24.0 Å². The zero-order valence-electron chi connectivity index (χ0n) is 12.4. The van der Waals surface area contributed by atoms with Gasteiger partial charge in [-0.2, -0.15) is 0 Å². The third-order valence-corrected chi connectivity index (χ3v) is 3.71. The highest BCUT2D eigenvalue weighted by Crippen LogP contribution is 2.35. The number of hydrogen-bond acceptors (Lipinski definition) is 0. The lowest BCUT2D eigenvalue weighted by atomic mass is 10.1. The van der Waals surface area contributed by atoms with E-state index in [1.165, 1.54) is 24.2 Å². The highest BCUT2D eigenvalue weighted by atomic mass is 127. The number of rotatable bonds is 6. The second-order valence-electron chi connectivity index (χ2n) is 5.09. The summed E-state index contributed by atoms with van der Waals surface area (Å²) in [5, 5.41) is 0. The van der Waals surface area contributed by atoms with Gasteiger partial charge in [0.1, 0.15) is 11.4 Å². The first-order valence-electron chi connectivity index (χ1n) is 7.32. The number of hydrogen-bond donors (Lipinski definition) is 0. The molecule has 0 atom stereocenters. The summed E-state index contributed by atoms with van der Waals surface area (Å²) < 4.78 is 0.967. The van der Waals surface area contributed by atoms with Crippen LogP contribution in [0.5, 0.6) is 0 Å². The molecule has 2 rings (SSSR count). The number of benzene rings is 2. The monoisotopic (exact) mass is 381 g/mol. The van der Waals surface area contributed by atoms with Gasteiger partial charge in [-0.3, -0.25) is 4.48 Å². The Morgan fingerprint density at radius 3 is 1.30 bits per heavy atom. The molecule has 0 fully saturated rings. The molecule has 108 valence electrons. The predicted octanol–water partition coefficient (Wildman–Crippen LogP) is 2.15. The molecule has 0 aliphatic carbocycles. The maximum atomic E-state index is 2.27. The van der Waals surface area contributed by atoms with Gasteiger partial charge in [0.2, 0.25) is 0 Å². The summed E-state index contributed by atoms with van der Waals surface area (Å²) in [5.41, 5.74) is 2.80. The van der Waals surface area contributed by atoms with E-state index in [0.717, 1.165) is 17.6 Å². The Bertz CT molecular complexity index is 434. The highest BCUT2D eigenvalue weighted by molar-refractivity contribution is 5.58. The summed E-state index contributed by atoms with van der Waals surface area (Å²) in [6, 6.07) is 21.8. The molecule has 0 bridgehead atoms. The van der Waals surface area contributed by atoms with Gasteiger partial charge in [0.15, 0.2) is 0 Å². The number of nitrogens with zero attached hydrogens (tertiary/aromatic N) is 1. The number of quaternary nitrogens is 1. The standard InChI is InChI=1S/C18H24N.HI/c1-3-15-19(16-4-2,17-11-7-5-8-12-17)18-13-9-6-10-14-18;/h5-14H,3-4,15-16H2,1-2H3;1H/q+1;/p-1. The summed E-state index contributed by atoms with van der Waals surface area (Å²) in [4.78, 5) is 0. The predicted molar refractivity (Wildman–Crippen MR) is 84.7 cm³/mol. The van der Waals surface area contributed by atoms with Crippen LogP contribution < -0.4 is 28.5 Å².